The molecular weight excluding hydrogens is 430 g/mol. The van der Waals surface area contributed by atoms with Gasteiger partial charge in [-0.3, -0.25) is 4.72 Å². The number of anilines is 2. The van der Waals surface area contributed by atoms with E-state index in [2.05, 4.69) is 26.6 Å². The number of sulfonamides is 1. The molecule has 156 valence electrons. The maximum Gasteiger partial charge on any atom is 0.263 e. The molecule has 0 bridgehead atoms. The number of rotatable bonds is 5. The van der Waals surface area contributed by atoms with Crippen LogP contribution in [-0.2, 0) is 16.6 Å². The van der Waals surface area contributed by atoms with E-state index in [9.17, 15) is 8.42 Å². The smallest absolute Gasteiger partial charge is 0.263 e. The van der Waals surface area contributed by atoms with E-state index in [4.69, 9.17) is 5.73 Å². The molecule has 3 N–H and O–H groups in total. The number of piperazine rings is 1. The molecule has 3 aromatic rings. The van der Waals surface area contributed by atoms with Gasteiger partial charge in [0.05, 0.1) is 5.39 Å². The molecule has 0 radical (unpaired) electrons. The van der Waals surface area contributed by atoms with Crippen LogP contribution in [0.2, 0.25) is 0 Å². The summed E-state index contributed by atoms with van der Waals surface area (Å²) in [6.07, 6.45) is 1.75. The summed E-state index contributed by atoms with van der Waals surface area (Å²) in [5.74, 6) is 0.741. The summed E-state index contributed by atoms with van der Waals surface area (Å²) in [6.45, 7) is 3.92. The molecule has 0 spiro atoms. The Balaban J connectivity index is 0.00000240. The third-order valence-electron chi connectivity index (χ3n) is 4.97. The second-order valence-corrected chi connectivity index (χ2v) is 9.47. The van der Waals surface area contributed by atoms with Crippen LogP contribution in [0.3, 0.4) is 0 Å². The number of aromatic nitrogens is 1. The molecule has 0 amide bonds. The zero-order chi connectivity index (χ0) is 19.7. The first-order valence-corrected chi connectivity index (χ1v) is 11.5. The van der Waals surface area contributed by atoms with Crippen molar-refractivity contribution in [3.8, 4) is 0 Å². The van der Waals surface area contributed by atoms with Crippen LogP contribution in [0, 0.1) is 0 Å². The largest absolute Gasteiger partial charge is 0.353 e. The van der Waals surface area contributed by atoms with Gasteiger partial charge in [0.2, 0.25) is 0 Å². The van der Waals surface area contributed by atoms with Gasteiger partial charge in [-0.2, -0.15) is 0 Å². The normalized spacial score (nSPS) is 15.3. The summed E-state index contributed by atoms with van der Waals surface area (Å²) in [5, 5.41) is 2.39. The predicted octanol–water partition coefficient (Wildman–Crippen LogP) is 2.73. The van der Waals surface area contributed by atoms with Gasteiger partial charge >= 0.3 is 0 Å². The lowest BCUT2D eigenvalue weighted by Gasteiger charge is -2.33. The number of nitrogens with two attached hydrogens (primary N) is 1. The van der Waals surface area contributed by atoms with Crippen LogP contribution in [0.5, 0.6) is 0 Å². The molecule has 29 heavy (non-hydrogen) atoms. The van der Waals surface area contributed by atoms with Crippen LogP contribution < -0.4 is 15.4 Å². The Kier molecular flexibility index (Phi) is 6.65. The summed E-state index contributed by atoms with van der Waals surface area (Å²) in [5.41, 5.74) is 7.08. The molecule has 10 heteroatoms. The molecule has 0 saturated carbocycles. The SMILES string of the molecule is CN1CCN(c2nccc3scc(S(=O)(=O)Nc4ccc(CN)cc4)c23)CC1.Cl. The average Bonchev–Trinajstić information content (AvgIpc) is 3.14. The van der Waals surface area contributed by atoms with E-state index in [1.165, 1.54) is 11.3 Å². The van der Waals surface area contributed by atoms with Crippen molar-refractivity contribution < 1.29 is 8.42 Å². The number of halogens is 1. The fourth-order valence-corrected chi connectivity index (χ4v) is 5.87. The van der Waals surface area contributed by atoms with Gasteiger partial charge in [0.15, 0.2) is 0 Å². The number of nitrogens with zero attached hydrogens (tertiary/aromatic N) is 3. The van der Waals surface area contributed by atoms with Gasteiger partial charge in [0, 0.05) is 54.7 Å². The molecule has 0 unspecified atom stereocenters. The Morgan fingerprint density at radius 2 is 1.83 bits per heavy atom. The third kappa shape index (κ3) is 4.49. The summed E-state index contributed by atoms with van der Waals surface area (Å²) in [4.78, 5) is 9.24. The fraction of sp³-hybridized carbons (Fsp3) is 0.316. The van der Waals surface area contributed by atoms with Gasteiger partial charge in [-0.15, -0.1) is 23.7 Å². The Morgan fingerprint density at radius 1 is 1.14 bits per heavy atom. The Hall–Kier alpha value is -1.91. The molecule has 1 aliphatic heterocycles. The van der Waals surface area contributed by atoms with Crippen molar-refractivity contribution in [3.05, 3.63) is 47.5 Å². The number of hydrogen-bond acceptors (Lipinski definition) is 7. The van der Waals surface area contributed by atoms with E-state index >= 15 is 0 Å². The van der Waals surface area contributed by atoms with Crippen molar-refractivity contribution in [2.24, 2.45) is 5.73 Å². The van der Waals surface area contributed by atoms with Gasteiger partial charge in [0.1, 0.15) is 10.7 Å². The highest BCUT2D eigenvalue weighted by Gasteiger charge is 2.25. The lowest BCUT2D eigenvalue weighted by Crippen LogP contribution is -2.44. The van der Waals surface area contributed by atoms with Gasteiger partial charge < -0.3 is 15.5 Å². The van der Waals surface area contributed by atoms with Crippen LogP contribution in [-0.4, -0.2) is 51.5 Å². The zero-order valence-electron chi connectivity index (χ0n) is 16.0. The molecule has 0 atom stereocenters. The molecular formula is C19H24ClN5O2S2. The second kappa shape index (κ2) is 8.85. The van der Waals surface area contributed by atoms with E-state index in [1.807, 2.05) is 18.2 Å². The summed E-state index contributed by atoms with van der Waals surface area (Å²) in [6, 6.07) is 8.97. The number of fused-ring (bicyclic) bond motifs is 1. The molecule has 2 aromatic heterocycles. The molecule has 1 fully saturated rings. The first kappa shape index (κ1) is 21.8. The van der Waals surface area contributed by atoms with Crippen molar-refractivity contribution in [1.29, 1.82) is 0 Å². The van der Waals surface area contributed by atoms with Crippen molar-refractivity contribution in [2.75, 3.05) is 42.8 Å². The summed E-state index contributed by atoms with van der Waals surface area (Å²) < 4.78 is 29.9. The number of thiophene rings is 1. The van der Waals surface area contributed by atoms with Crippen molar-refractivity contribution in [3.63, 3.8) is 0 Å². The van der Waals surface area contributed by atoms with E-state index in [0.29, 0.717) is 17.6 Å². The minimum atomic E-state index is -3.74. The van der Waals surface area contributed by atoms with E-state index < -0.39 is 10.0 Å². The van der Waals surface area contributed by atoms with E-state index in [-0.39, 0.29) is 17.3 Å². The lowest BCUT2D eigenvalue weighted by atomic mass is 10.2. The molecule has 4 rings (SSSR count). The topological polar surface area (TPSA) is 91.6 Å². The minimum Gasteiger partial charge on any atom is -0.353 e. The van der Waals surface area contributed by atoms with Crippen molar-refractivity contribution in [2.45, 2.75) is 11.4 Å². The molecule has 7 nitrogen and oxygen atoms in total. The maximum absolute atomic E-state index is 13.1. The van der Waals surface area contributed by atoms with Crippen molar-refractivity contribution in [1.82, 2.24) is 9.88 Å². The van der Waals surface area contributed by atoms with E-state index in [1.54, 1.807) is 23.7 Å². The second-order valence-electron chi connectivity index (χ2n) is 6.90. The van der Waals surface area contributed by atoms with Gasteiger partial charge in [-0.25, -0.2) is 13.4 Å². The third-order valence-corrected chi connectivity index (χ3v) is 7.47. The highest BCUT2D eigenvalue weighted by Crippen LogP contribution is 2.36. The van der Waals surface area contributed by atoms with Gasteiger partial charge in [0.25, 0.3) is 10.0 Å². The molecule has 1 aliphatic rings. The zero-order valence-corrected chi connectivity index (χ0v) is 18.5. The van der Waals surface area contributed by atoms with E-state index in [0.717, 1.165) is 42.3 Å². The highest BCUT2D eigenvalue weighted by atomic mass is 35.5. The molecule has 0 aliphatic carbocycles. The molecule has 1 aromatic carbocycles. The minimum absolute atomic E-state index is 0. The summed E-state index contributed by atoms with van der Waals surface area (Å²) >= 11 is 1.42. The number of likely N-dealkylation sites (N-methyl/N-ethyl adjacent to an activating group) is 1. The molecule has 3 heterocycles. The number of hydrogen-bond donors (Lipinski definition) is 2. The Morgan fingerprint density at radius 3 is 2.48 bits per heavy atom. The summed E-state index contributed by atoms with van der Waals surface area (Å²) in [7, 11) is -1.65. The van der Waals surface area contributed by atoms with Crippen LogP contribution in [0.4, 0.5) is 11.5 Å². The quantitative estimate of drug-likeness (QED) is 0.617. The average molecular weight is 454 g/mol. The number of pyridine rings is 1. The standard InChI is InChI=1S/C19H23N5O2S2.ClH/c1-23-8-10-24(11-9-23)19-18-16(6-7-21-19)27-13-17(18)28(25,26)22-15-4-2-14(12-20)3-5-15;/h2-7,13,22H,8-12,20H2,1H3;1H. The number of nitrogens with one attached hydrogen (secondary N) is 1. The monoisotopic (exact) mass is 453 g/mol. The first-order chi connectivity index (χ1) is 13.5. The highest BCUT2D eigenvalue weighted by molar-refractivity contribution is 7.93. The van der Waals surface area contributed by atoms with Crippen molar-refractivity contribution >= 4 is 55.4 Å². The maximum atomic E-state index is 13.1. The van der Waals surface area contributed by atoms with Gasteiger partial charge in [-0.05, 0) is 30.8 Å². The lowest BCUT2D eigenvalue weighted by molar-refractivity contribution is 0.312. The Bertz CT molecular complexity index is 1080. The molecule has 1 saturated heterocycles. The fourth-order valence-electron chi connectivity index (χ4n) is 3.31. The predicted molar refractivity (Wildman–Crippen MR) is 122 cm³/mol. The first-order valence-electron chi connectivity index (χ1n) is 9.09. The Labute approximate surface area is 181 Å². The van der Waals surface area contributed by atoms with Crippen LogP contribution in [0.25, 0.3) is 10.1 Å². The number of benzene rings is 1. The van der Waals surface area contributed by atoms with Crippen LogP contribution >= 0.6 is 23.7 Å². The van der Waals surface area contributed by atoms with Crippen LogP contribution in [0.1, 0.15) is 5.56 Å². The van der Waals surface area contributed by atoms with Crippen LogP contribution in [0.15, 0.2) is 46.8 Å². The van der Waals surface area contributed by atoms with Gasteiger partial charge in [-0.1, -0.05) is 12.1 Å².